The van der Waals surface area contributed by atoms with E-state index in [1.807, 2.05) is 6.82 Å². The third-order valence-electron chi connectivity index (χ3n) is 0.385. The first kappa shape index (κ1) is 4.98. The molecule has 0 rings (SSSR count). The normalized spacial score (nSPS) is 8.80. The van der Waals surface area contributed by atoms with Gasteiger partial charge in [0.1, 0.15) is 7.28 Å². The maximum atomic E-state index is 5.01. The Balaban J connectivity index is 2.54. The Bertz CT molecular complexity index is 21.6. The van der Waals surface area contributed by atoms with Crippen LogP contribution in [0.4, 0.5) is 0 Å². The number of nitrogens with two attached hydrogens (primary N) is 2. The lowest BCUT2D eigenvalue weighted by Gasteiger charge is -1.91. The van der Waals surface area contributed by atoms with Crippen molar-refractivity contribution >= 4 is 7.28 Å². The van der Waals surface area contributed by atoms with Crippen LogP contribution in [0.25, 0.3) is 0 Å². The summed E-state index contributed by atoms with van der Waals surface area (Å²) in [6, 6.07) is -0.241. The van der Waals surface area contributed by atoms with Gasteiger partial charge in [-0.05, 0) is 0 Å². The molecule has 3 heteroatoms. The van der Waals surface area contributed by atoms with Gasteiger partial charge in [-0.15, -0.1) is 0 Å². The molecule has 0 aliphatic carbocycles. The van der Waals surface area contributed by atoms with Gasteiger partial charge in [0.15, 0.2) is 0 Å². The van der Waals surface area contributed by atoms with Gasteiger partial charge in [0.25, 0.3) is 0 Å². The molecule has 1 radical (unpaired) electrons. The van der Waals surface area contributed by atoms with Crippen LogP contribution >= 0.6 is 0 Å². The molecule has 29 valence electrons. The summed E-state index contributed by atoms with van der Waals surface area (Å²) in [6.45, 7) is 1.82. The third-order valence-corrected chi connectivity index (χ3v) is 0.385. The third kappa shape index (κ3) is 3.98. The average Bonchev–Trinajstić information content (AvgIpc) is 1.38. The summed E-state index contributed by atoms with van der Waals surface area (Å²) < 4.78 is 0. The Hall–Kier alpha value is -0.0151. The second-order valence-electron chi connectivity index (χ2n) is 0.911. The zero-order valence-electron chi connectivity index (χ0n) is 3.31. The molecule has 5 heavy (non-hydrogen) atoms. The van der Waals surface area contributed by atoms with Crippen LogP contribution in [0.15, 0.2) is 0 Å². The molecule has 2 nitrogen and oxygen atoms in total. The standard InChI is InChI=1S/C2H8BN2/c1-3-2(4)5/h2H,4-5H2,1H3. The van der Waals surface area contributed by atoms with Crippen LogP contribution in [0.3, 0.4) is 0 Å². The molecule has 0 spiro atoms. The maximum absolute atomic E-state index is 5.01. The fourth-order valence-corrected chi connectivity index (χ4v) is 0. The molecule has 0 saturated heterocycles. The minimum absolute atomic E-state index is 0.241. The first-order chi connectivity index (χ1) is 2.27. The highest BCUT2D eigenvalue weighted by Gasteiger charge is 1.82. The van der Waals surface area contributed by atoms with Gasteiger partial charge in [-0.25, -0.2) is 0 Å². The van der Waals surface area contributed by atoms with Crippen LogP contribution in [0.2, 0.25) is 6.82 Å². The fraction of sp³-hybridized carbons (Fsp3) is 1.00. The topological polar surface area (TPSA) is 52.0 Å². The van der Waals surface area contributed by atoms with E-state index in [4.69, 9.17) is 11.5 Å². The van der Waals surface area contributed by atoms with Gasteiger partial charge in [0, 0.05) is 6.07 Å². The number of hydrogen-bond acceptors (Lipinski definition) is 2. The van der Waals surface area contributed by atoms with E-state index in [0.717, 1.165) is 0 Å². The largest absolute Gasteiger partial charge is 0.323 e. The van der Waals surface area contributed by atoms with Crippen molar-refractivity contribution in [1.82, 2.24) is 0 Å². The minimum atomic E-state index is -0.241. The van der Waals surface area contributed by atoms with Crippen molar-refractivity contribution in [3.63, 3.8) is 0 Å². The van der Waals surface area contributed by atoms with Crippen molar-refractivity contribution in [1.29, 1.82) is 0 Å². The molecular formula is C2H8BN2. The van der Waals surface area contributed by atoms with Crippen LogP contribution < -0.4 is 11.5 Å². The van der Waals surface area contributed by atoms with Crippen molar-refractivity contribution in [3.8, 4) is 0 Å². The van der Waals surface area contributed by atoms with E-state index in [9.17, 15) is 0 Å². The summed E-state index contributed by atoms with van der Waals surface area (Å²) in [6.07, 6.45) is 0. The second-order valence-corrected chi connectivity index (χ2v) is 0.911. The van der Waals surface area contributed by atoms with Crippen molar-refractivity contribution in [2.45, 2.75) is 12.9 Å². The highest BCUT2D eigenvalue weighted by Crippen LogP contribution is 1.50. The summed E-state index contributed by atoms with van der Waals surface area (Å²) in [7, 11) is 1.72. The highest BCUT2D eigenvalue weighted by molar-refractivity contribution is 6.35. The summed E-state index contributed by atoms with van der Waals surface area (Å²) >= 11 is 0. The molecule has 0 heterocycles. The first-order valence-electron chi connectivity index (χ1n) is 1.58. The fourth-order valence-electron chi connectivity index (χ4n) is 0. The van der Waals surface area contributed by atoms with Gasteiger partial charge in [-0.3, -0.25) is 0 Å². The highest BCUT2D eigenvalue weighted by atomic mass is 14.8. The number of rotatable bonds is 1. The van der Waals surface area contributed by atoms with E-state index in [-0.39, 0.29) is 6.07 Å². The van der Waals surface area contributed by atoms with Crippen LogP contribution in [0, 0.1) is 0 Å². The molecule has 0 atom stereocenters. The van der Waals surface area contributed by atoms with Crippen LogP contribution in [0.1, 0.15) is 0 Å². The summed E-state index contributed by atoms with van der Waals surface area (Å²) in [5.41, 5.74) is 10.0. The van der Waals surface area contributed by atoms with Gasteiger partial charge >= 0.3 is 0 Å². The van der Waals surface area contributed by atoms with E-state index < -0.39 is 0 Å². The van der Waals surface area contributed by atoms with Gasteiger partial charge in [-0.1, -0.05) is 6.82 Å². The lowest BCUT2D eigenvalue weighted by Crippen LogP contribution is -2.35. The summed E-state index contributed by atoms with van der Waals surface area (Å²) in [4.78, 5) is 0. The summed E-state index contributed by atoms with van der Waals surface area (Å²) in [5, 5.41) is 0. The Labute approximate surface area is 32.8 Å². The van der Waals surface area contributed by atoms with Gasteiger partial charge in [-0.2, -0.15) is 0 Å². The molecule has 0 aromatic rings. The Kier molecular flexibility index (Phi) is 2.23. The monoisotopic (exact) mass is 71.1 g/mol. The Morgan fingerprint density at radius 1 is 1.60 bits per heavy atom. The molecule has 0 aliphatic heterocycles. The SMILES string of the molecule is C[B]C(N)N. The first-order valence-corrected chi connectivity index (χ1v) is 1.58. The van der Waals surface area contributed by atoms with Crippen LogP contribution in [-0.2, 0) is 0 Å². The molecule has 0 aromatic carbocycles. The van der Waals surface area contributed by atoms with E-state index >= 15 is 0 Å². The van der Waals surface area contributed by atoms with Crippen LogP contribution in [0.5, 0.6) is 0 Å². The van der Waals surface area contributed by atoms with Crippen molar-refractivity contribution in [2.75, 3.05) is 0 Å². The Morgan fingerprint density at radius 2 is 1.80 bits per heavy atom. The molecule has 0 bridgehead atoms. The molecule has 0 unspecified atom stereocenters. The lowest BCUT2D eigenvalue weighted by atomic mass is 9.79. The van der Waals surface area contributed by atoms with E-state index in [0.29, 0.717) is 0 Å². The zero-order chi connectivity index (χ0) is 4.28. The molecule has 0 aromatic heterocycles. The lowest BCUT2D eigenvalue weighted by molar-refractivity contribution is 0.960. The zero-order valence-corrected chi connectivity index (χ0v) is 3.31. The van der Waals surface area contributed by atoms with E-state index in [1.165, 1.54) is 0 Å². The molecule has 0 amide bonds. The minimum Gasteiger partial charge on any atom is -0.323 e. The van der Waals surface area contributed by atoms with Gasteiger partial charge in [0.05, 0.1) is 0 Å². The quantitative estimate of drug-likeness (QED) is 0.305. The van der Waals surface area contributed by atoms with Gasteiger partial charge in [0.2, 0.25) is 0 Å². The second kappa shape index (κ2) is 2.24. The summed E-state index contributed by atoms with van der Waals surface area (Å²) in [5.74, 6) is 0. The maximum Gasteiger partial charge on any atom is 0.148 e. The smallest absolute Gasteiger partial charge is 0.148 e. The average molecular weight is 70.9 g/mol. The molecule has 4 N–H and O–H groups in total. The van der Waals surface area contributed by atoms with E-state index in [2.05, 4.69) is 0 Å². The molecule has 0 saturated carbocycles. The molecule has 0 fully saturated rings. The van der Waals surface area contributed by atoms with E-state index in [1.54, 1.807) is 7.28 Å². The molecule has 0 aliphatic rings. The van der Waals surface area contributed by atoms with Crippen molar-refractivity contribution in [2.24, 2.45) is 11.5 Å². The predicted molar refractivity (Wildman–Crippen MR) is 23.8 cm³/mol. The number of hydrogen-bond donors (Lipinski definition) is 2. The van der Waals surface area contributed by atoms with Crippen molar-refractivity contribution < 1.29 is 0 Å². The predicted octanol–water partition coefficient (Wildman–Crippen LogP) is -1.06. The van der Waals surface area contributed by atoms with Crippen LogP contribution in [-0.4, -0.2) is 13.3 Å². The van der Waals surface area contributed by atoms with Gasteiger partial charge < -0.3 is 11.5 Å². The van der Waals surface area contributed by atoms with Crippen molar-refractivity contribution in [3.05, 3.63) is 0 Å². The molecular weight excluding hydrogens is 62.8 g/mol. The Morgan fingerprint density at radius 3 is 1.80 bits per heavy atom.